The molecule has 2 heterocycles. The maximum absolute atomic E-state index is 4.30. The molecule has 4 nitrogen and oxygen atoms in total. The molecule has 0 radical (unpaired) electrons. The van der Waals surface area contributed by atoms with Gasteiger partial charge in [-0.3, -0.25) is 4.99 Å². The molecule has 0 saturated carbocycles. The number of benzene rings is 1. The van der Waals surface area contributed by atoms with Crippen molar-refractivity contribution in [3.05, 3.63) is 22.1 Å². The van der Waals surface area contributed by atoms with Crippen LogP contribution in [0.5, 0.6) is 0 Å². The predicted molar refractivity (Wildman–Crippen MR) is 71.2 cm³/mol. The van der Waals surface area contributed by atoms with E-state index >= 15 is 0 Å². The van der Waals surface area contributed by atoms with Gasteiger partial charge < -0.3 is 10.6 Å². The Bertz CT molecular complexity index is 563. The van der Waals surface area contributed by atoms with Gasteiger partial charge in [-0.25, -0.2) is 4.98 Å². The van der Waals surface area contributed by atoms with Crippen molar-refractivity contribution in [2.75, 3.05) is 18.4 Å². The summed E-state index contributed by atoms with van der Waals surface area (Å²) in [6.45, 7) is 1.74. The summed E-state index contributed by atoms with van der Waals surface area (Å²) in [5.41, 5.74) is 3.85. The van der Waals surface area contributed by atoms with Crippen LogP contribution >= 0.6 is 27.3 Å². The number of hydrogen-bond donors (Lipinski definition) is 2. The molecule has 2 N–H and O–H groups in total. The maximum Gasteiger partial charge on any atom is 0.195 e. The molecule has 1 aromatic heterocycles. The van der Waals surface area contributed by atoms with Gasteiger partial charge in [-0.2, -0.15) is 0 Å². The zero-order chi connectivity index (χ0) is 11.0. The summed E-state index contributed by atoms with van der Waals surface area (Å²) in [5.74, 6) is 0.835. The number of aliphatic imine (C=N–C) groups is 1. The number of guanidine groups is 1. The second-order valence-corrected chi connectivity index (χ2v) is 5.15. The van der Waals surface area contributed by atoms with Crippen LogP contribution in [0.15, 0.2) is 27.1 Å². The molecule has 0 aliphatic carbocycles. The van der Waals surface area contributed by atoms with Gasteiger partial charge in [0.05, 0.1) is 22.3 Å². The second-order valence-electron chi connectivity index (χ2n) is 3.44. The van der Waals surface area contributed by atoms with Crippen LogP contribution in [0.2, 0.25) is 0 Å². The molecule has 6 heteroatoms. The van der Waals surface area contributed by atoms with Gasteiger partial charge in [0.1, 0.15) is 0 Å². The lowest BCUT2D eigenvalue weighted by atomic mass is 10.3. The van der Waals surface area contributed by atoms with Crippen molar-refractivity contribution in [1.29, 1.82) is 0 Å². The second kappa shape index (κ2) is 4.03. The lowest BCUT2D eigenvalue weighted by Crippen LogP contribution is -2.26. The highest BCUT2D eigenvalue weighted by Crippen LogP contribution is 2.30. The largest absolute Gasteiger partial charge is 0.354 e. The molecule has 2 aromatic rings. The lowest BCUT2D eigenvalue weighted by Gasteiger charge is -2.07. The first-order valence-electron chi connectivity index (χ1n) is 4.91. The van der Waals surface area contributed by atoms with Crippen molar-refractivity contribution in [1.82, 2.24) is 10.3 Å². The van der Waals surface area contributed by atoms with E-state index in [2.05, 4.69) is 36.5 Å². The van der Waals surface area contributed by atoms with E-state index in [1.54, 1.807) is 11.3 Å². The van der Waals surface area contributed by atoms with Crippen LogP contribution in [0.25, 0.3) is 10.2 Å². The van der Waals surface area contributed by atoms with E-state index < -0.39 is 0 Å². The molecule has 0 saturated heterocycles. The molecule has 1 aliphatic rings. The zero-order valence-corrected chi connectivity index (χ0v) is 10.7. The minimum atomic E-state index is 0.835. The third kappa shape index (κ3) is 1.78. The monoisotopic (exact) mass is 296 g/mol. The summed E-state index contributed by atoms with van der Waals surface area (Å²) in [7, 11) is 0. The molecule has 1 aromatic carbocycles. The number of nitrogens with one attached hydrogen (secondary N) is 2. The summed E-state index contributed by atoms with van der Waals surface area (Å²) < 4.78 is 2.24. The molecule has 16 heavy (non-hydrogen) atoms. The van der Waals surface area contributed by atoms with Crippen molar-refractivity contribution < 1.29 is 0 Å². The predicted octanol–water partition coefficient (Wildman–Crippen LogP) is 2.43. The van der Waals surface area contributed by atoms with E-state index in [1.165, 1.54) is 4.70 Å². The Labute approximate surface area is 105 Å². The van der Waals surface area contributed by atoms with Crippen LogP contribution in [0.4, 0.5) is 5.69 Å². The molecule has 1 aliphatic heterocycles. The van der Waals surface area contributed by atoms with Crippen molar-refractivity contribution in [2.24, 2.45) is 4.99 Å². The molecule has 0 bridgehead atoms. The molecule has 0 unspecified atom stereocenters. The third-order valence-electron chi connectivity index (χ3n) is 2.32. The van der Waals surface area contributed by atoms with Crippen LogP contribution in [0.1, 0.15) is 0 Å². The van der Waals surface area contributed by atoms with Crippen molar-refractivity contribution >= 4 is 49.1 Å². The van der Waals surface area contributed by atoms with Crippen LogP contribution in [-0.2, 0) is 0 Å². The SMILES string of the molecule is Brc1cc(NC2=NCCN2)cc2ncsc12. The van der Waals surface area contributed by atoms with Gasteiger partial charge >= 0.3 is 0 Å². The maximum atomic E-state index is 4.30. The molecule has 0 spiro atoms. The Kier molecular flexibility index (Phi) is 2.53. The van der Waals surface area contributed by atoms with E-state index in [0.29, 0.717) is 0 Å². The highest BCUT2D eigenvalue weighted by molar-refractivity contribution is 9.10. The van der Waals surface area contributed by atoms with E-state index in [4.69, 9.17) is 0 Å². The van der Waals surface area contributed by atoms with Crippen LogP contribution in [0, 0.1) is 0 Å². The number of halogens is 1. The highest BCUT2D eigenvalue weighted by atomic mass is 79.9. The fourth-order valence-electron chi connectivity index (χ4n) is 1.62. The molecule has 0 amide bonds. The molecular weight excluding hydrogens is 288 g/mol. The van der Waals surface area contributed by atoms with Gasteiger partial charge in [-0.15, -0.1) is 11.3 Å². The minimum Gasteiger partial charge on any atom is -0.354 e. The number of rotatable bonds is 1. The van der Waals surface area contributed by atoms with Gasteiger partial charge in [-0.05, 0) is 28.1 Å². The summed E-state index contributed by atoms with van der Waals surface area (Å²) in [5, 5.41) is 6.41. The number of aromatic nitrogens is 1. The zero-order valence-electron chi connectivity index (χ0n) is 8.33. The lowest BCUT2D eigenvalue weighted by molar-refractivity contribution is 0.959. The van der Waals surface area contributed by atoms with Crippen molar-refractivity contribution in [3.8, 4) is 0 Å². The summed E-state index contributed by atoms with van der Waals surface area (Å²) >= 11 is 5.18. The third-order valence-corrected chi connectivity index (χ3v) is 4.09. The van der Waals surface area contributed by atoms with Crippen molar-refractivity contribution in [2.45, 2.75) is 0 Å². The number of anilines is 1. The highest BCUT2D eigenvalue weighted by Gasteiger charge is 2.08. The Morgan fingerprint density at radius 2 is 2.38 bits per heavy atom. The first-order chi connectivity index (χ1) is 7.83. The molecule has 82 valence electrons. The average molecular weight is 297 g/mol. The topological polar surface area (TPSA) is 49.3 Å². The first-order valence-corrected chi connectivity index (χ1v) is 6.58. The molecule has 3 rings (SSSR count). The fourth-order valence-corrected chi connectivity index (χ4v) is 3.02. The Morgan fingerprint density at radius 1 is 1.44 bits per heavy atom. The molecule has 0 atom stereocenters. The van der Waals surface area contributed by atoms with Crippen LogP contribution in [-0.4, -0.2) is 24.0 Å². The van der Waals surface area contributed by atoms with Crippen LogP contribution < -0.4 is 10.6 Å². The van der Waals surface area contributed by atoms with Crippen molar-refractivity contribution in [3.63, 3.8) is 0 Å². The first kappa shape index (κ1) is 10.0. The standard InChI is InChI=1S/C10H9BrN4S/c11-7-3-6(15-10-12-1-2-13-10)4-8-9(7)16-5-14-8/h3-5H,1-2H2,(H2,12,13,15). The fraction of sp³-hybridized carbons (Fsp3) is 0.200. The van der Waals surface area contributed by atoms with Gasteiger partial charge in [0.15, 0.2) is 5.96 Å². The Hall–Kier alpha value is -1.14. The quantitative estimate of drug-likeness (QED) is 0.850. The number of fused-ring (bicyclic) bond motifs is 1. The van der Waals surface area contributed by atoms with Gasteiger partial charge in [-0.1, -0.05) is 0 Å². The summed E-state index contributed by atoms with van der Waals surface area (Å²) in [6.07, 6.45) is 0. The van der Waals surface area contributed by atoms with Gasteiger partial charge in [0.2, 0.25) is 0 Å². The van der Waals surface area contributed by atoms with Crippen LogP contribution in [0.3, 0.4) is 0 Å². The summed E-state index contributed by atoms with van der Waals surface area (Å²) in [4.78, 5) is 8.59. The van der Waals surface area contributed by atoms with E-state index in [1.807, 2.05) is 17.6 Å². The minimum absolute atomic E-state index is 0.835. The molecule has 0 fully saturated rings. The van der Waals surface area contributed by atoms with Gasteiger partial charge in [0.25, 0.3) is 0 Å². The molecular formula is C10H9BrN4S. The Balaban J connectivity index is 1.97. The number of hydrogen-bond acceptors (Lipinski definition) is 5. The Morgan fingerprint density at radius 3 is 3.19 bits per heavy atom. The average Bonchev–Trinajstić information content (AvgIpc) is 2.87. The van der Waals surface area contributed by atoms with Gasteiger partial charge in [0, 0.05) is 16.7 Å². The number of thiazole rings is 1. The summed E-state index contributed by atoms with van der Waals surface area (Å²) in [6, 6.07) is 4.07. The normalized spacial score (nSPS) is 14.9. The number of nitrogens with zero attached hydrogens (tertiary/aromatic N) is 2. The van der Waals surface area contributed by atoms with E-state index in [0.717, 1.165) is 34.7 Å². The van der Waals surface area contributed by atoms with E-state index in [9.17, 15) is 0 Å². The smallest absolute Gasteiger partial charge is 0.195 e. The van der Waals surface area contributed by atoms with E-state index in [-0.39, 0.29) is 0 Å².